The van der Waals surface area contributed by atoms with E-state index in [-0.39, 0.29) is 12.5 Å². The summed E-state index contributed by atoms with van der Waals surface area (Å²) in [5, 5.41) is 11.7. The highest BCUT2D eigenvalue weighted by Crippen LogP contribution is 2.13. The third kappa shape index (κ3) is 3.55. The Balaban J connectivity index is 2.72. The van der Waals surface area contributed by atoms with Gasteiger partial charge in [-0.25, -0.2) is 0 Å². The van der Waals surface area contributed by atoms with Gasteiger partial charge in [-0.3, -0.25) is 4.79 Å². The quantitative estimate of drug-likeness (QED) is 0.794. The summed E-state index contributed by atoms with van der Waals surface area (Å²) in [5.41, 5.74) is 1.58. The zero-order valence-electron chi connectivity index (χ0n) is 9.90. The van der Waals surface area contributed by atoms with Gasteiger partial charge in [0.15, 0.2) is 0 Å². The lowest BCUT2D eigenvalue weighted by Gasteiger charge is -2.13. The number of aliphatic hydroxyl groups excluding tert-OH is 1. The standard InChI is InChI=1S/C12H18N2O2/c1-9(15)8-13-12(16)10-5-4-6-11(7-10)14(2)3/h4-7,9,15H,8H2,1-3H3,(H,13,16). The van der Waals surface area contributed by atoms with Crippen molar-refractivity contribution in [2.24, 2.45) is 0 Å². The second-order valence-corrected chi connectivity index (χ2v) is 4.00. The molecule has 1 amide bonds. The molecule has 16 heavy (non-hydrogen) atoms. The lowest BCUT2D eigenvalue weighted by Crippen LogP contribution is -2.30. The molecule has 1 rings (SSSR count). The molecule has 0 heterocycles. The van der Waals surface area contributed by atoms with Crippen molar-refractivity contribution < 1.29 is 9.90 Å². The SMILES string of the molecule is CC(O)CNC(=O)c1cccc(N(C)C)c1. The van der Waals surface area contributed by atoms with Gasteiger partial charge in [0, 0.05) is 31.9 Å². The largest absolute Gasteiger partial charge is 0.392 e. The maximum absolute atomic E-state index is 11.7. The summed E-state index contributed by atoms with van der Waals surface area (Å²) >= 11 is 0. The minimum Gasteiger partial charge on any atom is -0.392 e. The number of carbonyl (C=O) groups excluding carboxylic acids is 1. The Morgan fingerprint density at radius 2 is 2.19 bits per heavy atom. The van der Waals surface area contributed by atoms with Gasteiger partial charge in [-0.2, -0.15) is 0 Å². The van der Waals surface area contributed by atoms with Crippen molar-refractivity contribution in [3.05, 3.63) is 29.8 Å². The molecule has 2 N–H and O–H groups in total. The van der Waals surface area contributed by atoms with Crippen molar-refractivity contribution in [3.8, 4) is 0 Å². The van der Waals surface area contributed by atoms with Crippen LogP contribution in [0.1, 0.15) is 17.3 Å². The molecule has 0 spiro atoms. The van der Waals surface area contributed by atoms with Gasteiger partial charge in [-0.05, 0) is 25.1 Å². The Hall–Kier alpha value is -1.55. The molecule has 0 aliphatic carbocycles. The molecule has 1 aromatic carbocycles. The van der Waals surface area contributed by atoms with Gasteiger partial charge in [-0.15, -0.1) is 0 Å². The van der Waals surface area contributed by atoms with Gasteiger partial charge in [-0.1, -0.05) is 6.07 Å². The summed E-state index contributed by atoms with van der Waals surface area (Å²) in [6, 6.07) is 7.35. The van der Waals surface area contributed by atoms with Crippen LogP contribution in [0.5, 0.6) is 0 Å². The van der Waals surface area contributed by atoms with E-state index in [1.807, 2.05) is 37.2 Å². The molecule has 0 saturated heterocycles. The zero-order chi connectivity index (χ0) is 12.1. The number of nitrogens with one attached hydrogen (secondary N) is 1. The van der Waals surface area contributed by atoms with E-state index in [9.17, 15) is 4.79 Å². The molecule has 0 saturated carbocycles. The van der Waals surface area contributed by atoms with Crippen molar-refractivity contribution in [3.63, 3.8) is 0 Å². The van der Waals surface area contributed by atoms with Crippen LogP contribution in [0.25, 0.3) is 0 Å². The van der Waals surface area contributed by atoms with Crippen LogP contribution in [0.2, 0.25) is 0 Å². The molecule has 0 aliphatic rings. The smallest absolute Gasteiger partial charge is 0.251 e. The number of hydrogen-bond donors (Lipinski definition) is 2. The number of rotatable bonds is 4. The Bertz CT molecular complexity index is 362. The van der Waals surface area contributed by atoms with Crippen LogP contribution in [0.15, 0.2) is 24.3 Å². The van der Waals surface area contributed by atoms with Crippen molar-refractivity contribution in [2.75, 3.05) is 25.5 Å². The summed E-state index contributed by atoms with van der Waals surface area (Å²) < 4.78 is 0. The molecule has 1 atom stereocenters. The normalized spacial score (nSPS) is 12.0. The summed E-state index contributed by atoms with van der Waals surface area (Å²) in [4.78, 5) is 13.6. The van der Waals surface area contributed by atoms with Crippen molar-refractivity contribution in [1.82, 2.24) is 5.32 Å². The van der Waals surface area contributed by atoms with Gasteiger partial charge in [0.05, 0.1) is 6.10 Å². The molecule has 4 nitrogen and oxygen atoms in total. The third-order valence-electron chi connectivity index (χ3n) is 2.18. The van der Waals surface area contributed by atoms with Crippen LogP contribution >= 0.6 is 0 Å². The summed E-state index contributed by atoms with van der Waals surface area (Å²) in [6.45, 7) is 1.90. The number of anilines is 1. The predicted molar refractivity (Wildman–Crippen MR) is 64.8 cm³/mol. The van der Waals surface area contributed by atoms with E-state index in [0.29, 0.717) is 5.56 Å². The van der Waals surface area contributed by atoms with Crippen LogP contribution in [-0.2, 0) is 0 Å². The minimum atomic E-state index is -0.527. The Kier molecular flexibility index (Phi) is 4.31. The van der Waals surface area contributed by atoms with Gasteiger partial charge in [0.1, 0.15) is 0 Å². The monoisotopic (exact) mass is 222 g/mol. The summed E-state index contributed by atoms with van der Waals surface area (Å²) in [7, 11) is 3.85. The van der Waals surface area contributed by atoms with Gasteiger partial charge >= 0.3 is 0 Å². The van der Waals surface area contributed by atoms with E-state index in [4.69, 9.17) is 5.11 Å². The van der Waals surface area contributed by atoms with Gasteiger partial charge in [0.2, 0.25) is 0 Å². The number of amides is 1. The molecule has 0 aliphatic heterocycles. The summed E-state index contributed by atoms with van der Waals surface area (Å²) in [6.07, 6.45) is -0.527. The van der Waals surface area contributed by atoms with E-state index in [1.165, 1.54) is 0 Å². The first-order valence-corrected chi connectivity index (χ1v) is 5.24. The van der Waals surface area contributed by atoms with E-state index >= 15 is 0 Å². The van der Waals surface area contributed by atoms with E-state index in [0.717, 1.165) is 5.69 Å². The molecule has 88 valence electrons. The highest BCUT2D eigenvalue weighted by atomic mass is 16.3. The molecule has 1 unspecified atom stereocenters. The van der Waals surface area contributed by atoms with Crippen molar-refractivity contribution >= 4 is 11.6 Å². The maximum Gasteiger partial charge on any atom is 0.251 e. The van der Waals surface area contributed by atoms with Crippen LogP contribution in [0.4, 0.5) is 5.69 Å². The minimum absolute atomic E-state index is 0.162. The Labute approximate surface area is 95.9 Å². The van der Waals surface area contributed by atoms with Gasteiger partial charge < -0.3 is 15.3 Å². The molecule has 4 heteroatoms. The number of nitrogens with zero attached hydrogens (tertiary/aromatic N) is 1. The fourth-order valence-electron chi connectivity index (χ4n) is 1.27. The van der Waals surface area contributed by atoms with E-state index in [2.05, 4.69) is 5.32 Å². The fraction of sp³-hybridized carbons (Fsp3) is 0.417. The number of benzene rings is 1. The molecular weight excluding hydrogens is 204 g/mol. The summed E-state index contributed by atoms with van der Waals surface area (Å²) in [5.74, 6) is -0.162. The highest BCUT2D eigenvalue weighted by Gasteiger charge is 2.07. The molecule has 0 bridgehead atoms. The van der Waals surface area contributed by atoms with Crippen LogP contribution in [0.3, 0.4) is 0 Å². The highest BCUT2D eigenvalue weighted by molar-refractivity contribution is 5.95. The van der Waals surface area contributed by atoms with E-state index in [1.54, 1.807) is 13.0 Å². The maximum atomic E-state index is 11.7. The average Bonchev–Trinajstić information content (AvgIpc) is 2.26. The van der Waals surface area contributed by atoms with Crippen LogP contribution < -0.4 is 10.2 Å². The first-order chi connectivity index (χ1) is 7.50. The molecule has 0 radical (unpaired) electrons. The average molecular weight is 222 g/mol. The van der Waals surface area contributed by atoms with E-state index < -0.39 is 6.10 Å². The second kappa shape index (κ2) is 5.51. The number of carbonyl (C=O) groups is 1. The first-order valence-electron chi connectivity index (χ1n) is 5.24. The molecule has 0 fully saturated rings. The molecule has 0 aromatic heterocycles. The first kappa shape index (κ1) is 12.5. The molecule has 1 aromatic rings. The Morgan fingerprint density at radius 3 is 2.75 bits per heavy atom. The predicted octanol–water partition coefficient (Wildman–Crippen LogP) is 0.863. The molecular formula is C12H18N2O2. The number of hydrogen-bond acceptors (Lipinski definition) is 3. The lowest BCUT2D eigenvalue weighted by atomic mass is 10.2. The zero-order valence-corrected chi connectivity index (χ0v) is 9.90. The van der Waals surface area contributed by atoms with Gasteiger partial charge in [0.25, 0.3) is 5.91 Å². The lowest BCUT2D eigenvalue weighted by molar-refractivity contribution is 0.0924. The van der Waals surface area contributed by atoms with Crippen LogP contribution in [-0.4, -0.2) is 37.8 Å². The van der Waals surface area contributed by atoms with Crippen molar-refractivity contribution in [1.29, 1.82) is 0 Å². The Morgan fingerprint density at radius 1 is 1.50 bits per heavy atom. The van der Waals surface area contributed by atoms with Crippen LogP contribution in [0, 0.1) is 0 Å². The van der Waals surface area contributed by atoms with Crippen molar-refractivity contribution in [2.45, 2.75) is 13.0 Å². The third-order valence-corrected chi connectivity index (χ3v) is 2.18. The fourth-order valence-corrected chi connectivity index (χ4v) is 1.27. The second-order valence-electron chi connectivity index (χ2n) is 4.00. The number of aliphatic hydroxyl groups is 1. The topological polar surface area (TPSA) is 52.6 Å².